The van der Waals surface area contributed by atoms with E-state index < -0.39 is 0 Å². The van der Waals surface area contributed by atoms with E-state index in [2.05, 4.69) is 34.5 Å². The molecule has 0 atom stereocenters. The summed E-state index contributed by atoms with van der Waals surface area (Å²) in [5, 5.41) is 6.59. The van der Waals surface area contributed by atoms with Crippen molar-refractivity contribution in [2.24, 2.45) is 4.99 Å². The fraction of sp³-hybridized carbons (Fsp3) is 0.688. The highest BCUT2D eigenvalue weighted by Gasteiger charge is 2.00. The summed E-state index contributed by atoms with van der Waals surface area (Å²) in [7, 11) is 3.84. The first-order valence-corrected chi connectivity index (χ1v) is 7.98. The summed E-state index contributed by atoms with van der Waals surface area (Å²) in [6.45, 7) is 7.32. The Hall–Kier alpha value is -0.800. The molecule has 0 unspecified atom stereocenters. The number of aliphatic imine (C=N–C) groups is 1. The van der Waals surface area contributed by atoms with E-state index >= 15 is 0 Å². The topological polar surface area (TPSA) is 62.0 Å². The third kappa shape index (κ3) is 11.4. The minimum absolute atomic E-state index is 0. The van der Waals surface area contributed by atoms with Crippen molar-refractivity contribution < 1.29 is 9.15 Å². The molecule has 0 amide bonds. The number of guanidine groups is 1. The Morgan fingerprint density at radius 3 is 2.83 bits per heavy atom. The summed E-state index contributed by atoms with van der Waals surface area (Å²) >= 11 is 0. The maximum atomic E-state index is 5.32. The average molecular weight is 438 g/mol. The van der Waals surface area contributed by atoms with Crippen LogP contribution in [0.1, 0.15) is 19.1 Å². The summed E-state index contributed by atoms with van der Waals surface area (Å²) in [4.78, 5) is 6.85. The summed E-state index contributed by atoms with van der Waals surface area (Å²) in [5.74, 6) is 1.86. The van der Waals surface area contributed by atoms with Crippen LogP contribution in [-0.2, 0) is 11.2 Å². The Morgan fingerprint density at radius 1 is 1.35 bits per heavy atom. The van der Waals surface area contributed by atoms with Crippen LogP contribution in [0.15, 0.2) is 27.8 Å². The van der Waals surface area contributed by atoms with Crippen LogP contribution in [0.3, 0.4) is 0 Å². The van der Waals surface area contributed by atoms with E-state index in [9.17, 15) is 0 Å². The van der Waals surface area contributed by atoms with Gasteiger partial charge >= 0.3 is 0 Å². The van der Waals surface area contributed by atoms with Crippen LogP contribution in [0.5, 0.6) is 0 Å². The Morgan fingerprint density at radius 2 is 2.17 bits per heavy atom. The number of furan rings is 1. The Balaban J connectivity index is 0.00000484. The molecule has 6 nitrogen and oxygen atoms in total. The van der Waals surface area contributed by atoms with Crippen LogP contribution >= 0.6 is 24.0 Å². The Labute approximate surface area is 157 Å². The number of nitrogens with zero attached hydrogens (tertiary/aromatic N) is 2. The van der Waals surface area contributed by atoms with E-state index in [0.29, 0.717) is 0 Å². The second-order valence-electron chi connectivity index (χ2n) is 5.17. The molecule has 23 heavy (non-hydrogen) atoms. The van der Waals surface area contributed by atoms with Gasteiger partial charge in [0.05, 0.1) is 12.9 Å². The van der Waals surface area contributed by atoms with Gasteiger partial charge in [-0.15, -0.1) is 24.0 Å². The van der Waals surface area contributed by atoms with E-state index in [4.69, 9.17) is 9.15 Å². The van der Waals surface area contributed by atoms with Crippen LogP contribution in [0.2, 0.25) is 0 Å². The fourth-order valence-electron chi connectivity index (χ4n) is 1.99. The molecule has 2 N–H and O–H groups in total. The van der Waals surface area contributed by atoms with E-state index in [1.54, 1.807) is 13.4 Å². The zero-order valence-electron chi connectivity index (χ0n) is 14.5. The first-order chi connectivity index (χ1) is 10.8. The number of likely N-dealkylation sites (N-methyl/N-ethyl adjacent to an activating group) is 1. The monoisotopic (exact) mass is 438 g/mol. The minimum Gasteiger partial charge on any atom is -0.469 e. The molecule has 0 saturated carbocycles. The van der Waals surface area contributed by atoms with Gasteiger partial charge in [0.15, 0.2) is 5.96 Å². The molecule has 0 fully saturated rings. The summed E-state index contributed by atoms with van der Waals surface area (Å²) in [6, 6.07) is 3.90. The number of hydrogen-bond donors (Lipinski definition) is 2. The molecule has 1 heterocycles. The number of methoxy groups -OCH3 is 1. The van der Waals surface area contributed by atoms with E-state index in [1.807, 2.05) is 12.1 Å². The molecule has 7 heteroatoms. The zero-order chi connectivity index (χ0) is 16.0. The SMILES string of the molecule is CCNC(=NCCCN(C)CCOC)NCCc1ccco1.I. The highest BCUT2D eigenvalue weighted by Crippen LogP contribution is 1.99. The van der Waals surface area contributed by atoms with Crippen LogP contribution in [0, 0.1) is 0 Å². The Bertz CT molecular complexity index is 399. The molecule has 0 spiro atoms. The molecule has 0 aliphatic carbocycles. The van der Waals surface area contributed by atoms with Gasteiger partial charge in [0.25, 0.3) is 0 Å². The van der Waals surface area contributed by atoms with Crippen molar-refractivity contribution in [2.45, 2.75) is 19.8 Å². The number of nitrogens with one attached hydrogen (secondary N) is 2. The molecular formula is C16H31IN4O2. The van der Waals surface area contributed by atoms with Gasteiger partial charge in [-0.3, -0.25) is 4.99 Å². The molecule has 134 valence electrons. The lowest BCUT2D eigenvalue weighted by Gasteiger charge is -2.15. The standard InChI is InChI=1S/C16H30N4O2.HI/c1-4-17-16(19-10-8-15-7-5-13-22-15)18-9-6-11-20(2)12-14-21-3;/h5,7,13H,4,6,8-12,14H2,1-3H3,(H2,17,18,19);1H. The van der Waals surface area contributed by atoms with Crippen LogP contribution in [0.25, 0.3) is 0 Å². The second kappa shape index (κ2) is 14.8. The predicted molar refractivity (Wildman–Crippen MR) is 106 cm³/mol. The molecule has 0 radical (unpaired) electrons. The largest absolute Gasteiger partial charge is 0.469 e. The van der Waals surface area contributed by atoms with Gasteiger partial charge in [-0.25, -0.2) is 0 Å². The van der Waals surface area contributed by atoms with Crippen LogP contribution in [0.4, 0.5) is 0 Å². The van der Waals surface area contributed by atoms with Crippen LogP contribution < -0.4 is 10.6 Å². The lowest BCUT2D eigenvalue weighted by molar-refractivity contribution is 0.161. The highest BCUT2D eigenvalue weighted by molar-refractivity contribution is 14.0. The molecule has 0 aromatic carbocycles. The molecule has 0 aliphatic heterocycles. The van der Waals surface area contributed by atoms with Gasteiger partial charge in [0, 0.05) is 39.7 Å². The van der Waals surface area contributed by atoms with Gasteiger partial charge in [-0.2, -0.15) is 0 Å². The lowest BCUT2D eigenvalue weighted by atomic mass is 10.3. The number of rotatable bonds is 11. The zero-order valence-corrected chi connectivity index (χ0v) is 16.8. The first kappa shape index (κ1) is 22.2. The van der Waals surface area contributed by atoms with Crippen molar-refractivity contribution in [3.05, 3.63) is 24.2 Å². The van der Waals surface area contributed by atoms with Crippen LogP contribution in [-0.4, -0.2) is 64.3 Å². The molecule has 1 aromatic heterocycles. The summed E-state index contributed by atoms with van der Waals surface area (Å²) < 4.78 is 10.4. The molecule has 1 aromatic rings. The van der Waals surface area contributed by atoms with Gasteiger partial charge in [0.2, 0.25) is 0 Å². The maximum absolute atomic E-state index is 5.32. The number of halogens is 1. The fourth-order valence-corrected chi connectivity index (χ4v) is 1.99. The van der Waals surface area contributed by atoms with Crippen molar-refractivity contribution in [3.63, 3.8) is 0 Å². The summed E-state index contributed by atoms with van der Waals surface area (Å²) in [6.07, 6.45) is 3.60. The Kier molecular flexibility index (Phi) is 14.3. The van der Waals surface area contributed by atoms with E-state index in [1.165, 1.54) is 0 Å². The van der Waals surface area contributed by atoms with Gasteiger partial charge in [0.1, 0.15) is 5.76 Å². The molecule has 0 saturated heterocycles. The maximum Gasteiger partial charge on any atom is 0.191 e. The lowest BCUT2D eigenvalue weighted by Crippen LogP contribution is -2.38. The highest BCUT2D eigenvalue weighted by atomic mass is 127. The van der Waals surface area contributed by atoms with E-state index in [-0.39, 0.29) is 24.0 Å². The van der Waals surface area contributed by atoms with Crippen molar-refractivity contribution in [1.29, 1.82) is 0 Å². The normalized spacial score (nSPS) is 11.4. The van der Waals surface area contributed by atoms with Gasteiger partial charge < -0.3 is 24.7 Å². The predicted octanol–water partition coefficient (Wildman–Crippen LogP) is 1.96. The quantitative estimate of drug-likeness (QED) is 0.240. The van der Waals surface area contributed by atoms with Gasteiger partial charge in [-0.05, 0) is 39.1 Å². The molecular weight excluding hydrogens is 407 g/mol. The first-order valence-electron chi connectivity index (χ1n) is 7.98. The van der Waals surface area contributed by atoms with Crippen molar-refractivity contribution >= 4 is 29.9 Å². The molecule has 0 aliphatic rings. The molecule has 1 rings (SSSR count). The third-order valence-corrected chi connectivity index (χ3v) is 3.23. The molecule has 0 bridgehead atoms. The number of hydrogen-bond acceptors (Lipinski definition) is 4. The number of ether oxygens (including phenoxy) is 1. The smallest absolute Gasteiger partial charge is 0.191 e. The summed E-state index contributed by atoms with van der Waals surface area (Å²) in [5.41, 5.74) is 0. The average Bonchev–Trinajstić information content (AvgIpc) is 3.02. The van der Waals surface area contributed by atoms with Crippen molar-refractivity contribution in [1.82, 2.24) is 15.5 Å². The third-order valence-electron chi connectivity index (χ3n) is 3.23. The van der Waals surface area contributed by atoms with Crippen molar-refractivity contribution in [2.75, 3.05) is 53.5 Å². The second-order valence-corrected chi connectivity index (χ2v) is 5.17. The van der Waals surface area contributed by atoms with Crippen molar-refractivity contribution in [3.8, 4) is 0 Å². The van der Waals surface area contributed by atoms with Gasteiger partial charge in [-0.1, -0.05) is 0 Å². The van der Waals surface area contributed by atoms with E-state index in [0.717, 1.165) is 63.9 Å². The minimum atomic E-state index is 0.